The molecule has 2 rings (SSSR count). The van der Waals surface area contributed by atoms with Gasteiger partial charge in [-0.25, -0.2) is 0 Å². The minimum atomic E-state index is -4.37. The van der Waals surface area contributed by atoms with Gasteiger partial charge in [0, 0.05) is 6.04 Å². The zero-order chi connectivity index (χ0) is 17.0. The molecule has 0 radical (unpaired) electrons. The van der Waals surface area contributed by atoms with E-state index < -0.39 is 17.8 Å². The van der Waals surface area contributed by atoms with Gasteiger partial charge in [0.1, 0.15) is 0 Å². The summed E-state index contributed by atoms with van der Waals surface area (Å²) in [7, 11) is 0. The number of rotatable bonds is 4. The average molecular weight is 331 g/mol. The maximum atomic E-state index is 12.6. The van der Waals surface area contributed by atoms with Crippen LogP contribution in [0, 0.1) is 0 Å². The van der Waals surface area contributed by atoms with Gasteiger partial charge in [-0.05, 0) is 37.5 Å². The van der Waals surface area contributed by atoms with Gasteiger partial charge < -0.3 is 15.2 Å². The van der Waals surface area contributed by atoms with Gasteiger partial charge >= 0.3 is 12.1 Å². The lowest BCUT2D eigenvalue weighted by atomic mass is 9.92. The van der Waals surface area contributed by atoms with Crippen LogP contribution in [0.4, 0.5) is 13.2 Å². The van der Waals surface area contributed by atoms with Crippen LogP contribution in [0.25, 0.3) is 0 Å². The van der Waals surface area contributed by atoms with Gasteiger partial charge in [0.2, 0.25) is 0 Å². The fourth-order valence-electron chi connectivity index (χ4n) is 2.65. The summed E-state index contributed by atoms with van der Waals surface area (Å²) < 4.78 is 48.5. The second-order valence-corrected chi connectivity index (χ2v) is 5.55. The summed E-state index contributed by atoms with van der Waals surface area (Å²) in [4.78, 5) is 11.5. The van der Waals surface area contributed by atoms with Crippen LogP contribution in [0.2, 0.25) is 0 Å². The first kappa shape index (κ1) is 17.7. The first-order valence-electron chi connectivity index (χ1n) is 7.55. The topological polar surface area (TPSA) is 61.5 Å². The molecular formula is C16H20F3NO3. The van der Waals surface area contributed by atoms with Crippen molar-refractivity contribution in [2.24, 2.45) is 5.73 Å². The highest BCUT2D eigenvalue weighted by Crippen LogP contribution is 2.34. The molecule has 1 aliphatic heterocycles. The maximum absolute atomic E-state index is 12.6. The fraction of sp³-hybridized carbons (Fsp3) is 0.562. The average Bonchev–Trinajstić information content (AvgIpc) is 2.49. The highest BCUT2D eigenvalue weighted by Gasteiger charge is 2.33. The van der Waals surface area contributed by atoms with Gasteiger partial charge in [-0.3, -0.25) is 4.79 Å². The number of carbonyl (C=O) groups excluding carboxylic acids is 1. The minimum absolute atomic E-state index is 0.123. The van der Waals surface area contributed by atoms with E-state index in [9.17, 15) is 18.0 Å². The van der Waals surface area contributed by atoms with E-state index >= 15 is 0 Å². The molecule has 1 saturated heterocycles. The zero-order valence-corrected chi connectivity index (χ0v) is 12.8. The fourth-order valence-corrected chi connectivity index (χ4v) is 2.65. The summed E-state index contributed by atoms with van der Waals surface area (Å²) in [6, 6.07) is 4.46. The van der Waals surface area contributed by atoms with Crippen LogP contribution in [0.15, 0.2) is 24.3 Å². The smallest absolute Gasteiger partial charge is 0.416 e. The Balaban J connectivity index is 2.06. The van der Waals surface area contributed by atoms with Crippen LogP contribution in [-0.4, -0.2) is 24.7 Å². The van der Waals surface area contributed by atoms with Crippen molar-refractivity contribution in [1.82, 2.24) is 0 Å². The first-order valence-corrected chi connectivity index (χ1v) is 7.55. The number of alkyl halides is 3. The van der Waals surface area contributed by atoms with Crippen molar-refractivity contribution in [2.75, 3.05) is 6.61 Å². The maximum Gasteiger partial charge on any atom is 0.416 e. The van der Waals surface area contributed by atoms with Crippen molar-refractivity contribution in [3.05, 3.63) is 35.4 Å². The third-order valence-corrected chi connectivity index (χ3v) is 3.82. The molecule has 1 fully saturated rings. The summed E-state index contributed by atoms with van der Waals surface area (Å²) in [6.07, 6.45) is -3.85. The van der Waals surface area contributed by atoms with Crippen LogP contribution < -0.4 is 5.73 Å². The number of benzene rings is 1. The number of hydrogen-bond donors (Lipinski definition) is 1. The second kappa shape index (κ2) is 7.31. The van der Waals surface area contributed by atoms with Crippen molar-refractivity contribution in [1.29, 1.82) is 0 Å². The standard InChI is InChI=1S/C16H20F3NO3/c1-2-22-14(21)9-12-7-8-13(20)15(23-12)10-3-5-11(6-4-10)16(17,18)19/h3-6,12-13,15H,2,7-9,20H2,1H3/t12-,13+,15-/m0/s1. The molecule has 2 N–H and O–H groups in total. The Kier molecular flexibility index (Phi) is 5.64. The molecule has 1 heterocycles. The van der Waals surface area contributed by atoms with E-state index in [1.807, 2.05) is 0 Å². The summed E-state index contributed by atoms with van der Waals surface area (Å²) in [6.45, 7) is 2.02. The van der Waals surface area contributed by atoms with Crippen LogP contribution in [-0.2, 0) is 20.4 Å². The zero-order valence-electron chi connectivity index (χ0n) is 12.8. The molecule has 0 spiro atoms. The molecule has 0 bridgehead atoms. The number of carbonyl (C=O) groups is 1. The lowest BCUT2D eigenvalue weighted by Crippen LogP contribution is -2.39. The summed E-state index contributed by atoms with van der Waals surface area (Å²) >= 11 is 0. The lowest BCUT2D eigenvalue weighted by molar-refractivity contribution is -0.150. The number of esters is 1. The van der Waals surface area contributed by atoms with Crippen LogP contribution in [0.1, 0.15) is 43.4 Å². The van der Waals surface area contributed by atoms with Crippen molar-refractivity contribution >= 4 is 5.97 Å². The lowest BCUT2D eigenvalue weighted by Gasteiger charge is -2.34. The Labute approximate surface area is 132 Å². The van der Waals surface area contributed by atoms with Crippen molar-refractivity contribution in [3.63, 3.8) is 0 Å². The number of hydrogen-bond acceptors (Lipinski definition) is 4. The Morgan fingerprint density at radius 1 is 1.30 bits per heavy atom. The summed E-state index contributed by atoms with van der Waals surface area (Å²) in [5, 5.41) is 0. The molecule has 0 aromatic heterocycles. The van der Waals surface area contributed by atoms with E-state index in [-0.39, 0.29) is 24.5 Å². The highest BCUT2D eigenvalue weighted by molar-refractivity contribution is 5.69. The monoisotopic (exact) mass is 331 g/mol. The Morgan fingerprint density at radius 2 is 1.96 bits per heavy atom. The van der Waals surface area contributed by atoms with Crippen molar-refractivity contribution in [2.45, 2.75) is 50.6 Å². The SMILES string of the molecule is CCOC(=O)C[C@@H]1CC[C@@H](N)[C@H](c2ccc(C(F)(F)F)cc2)O1. The first-order chi connectivity index (χ1) is 10.8. The van der Waals surface area contributed by atoms with Gasteiger partial charge in [0.25, 0.3) is 0 Å². The van der Waals surface area contributed by atoms with E-state index in [1.54, 1.807) is 6.92 Å². The molecule has 0 aliphatic carbocycles. The predicted octanol–water partition coefficient (Wildman–Crippen LogP) is 3.21. The molecule has 1 aromatic carbocycles. The molecule has 4 nitrogen and oxygen atoms in total. The molecule has 128 valence electrons. The van der Waals surface area contributed by atoms with E-state index in [4.69, 9.17) is 15.2 Å². The molecule has 0 amide bonds. The van der Waals surface area contributed by atoms with E-state index in [2.05, 4.69) is 0 Å². The van der Waals surface area contributed by atoms with Crippen molar-refractivity contribution in [3.8, 4) is 0 Å². The third-order valence-electron chi connectivity index (χ3n) is 3.82. The quantitative estimate of drug-likeness (QED) is 0.861. The van der Waals surface area contributed by atoms with Crippen LogP contribution in [0.3, 0.4) is 0 Å². The Bertz CT molecular complexity index is 530. The van der Waals surface area contributed by atoms with E-state index in [0.717, 1.165) is 12.1 Å². The number of ether oxygens (including phenoxy) is 2. The van der Waals surface area contributed by atoms with Gasteiger partial charge in [-0.15, -0.1) is 0 Å². The molecule has 7 heteroatoms. The van der Waals surface area contributed by atoms with Crippen LogP contribution in [0.5, 0.6) is 0 Å². The van der Waals surface area contributed by atoms with E-state index in [0.29, 0.717) is 25.0 Å². The van der Waals surface area contributed by atoms with Crippen molar-refractivity contribution < 1.29 is 27.4 Å². The molecule has 1 aliphatic rings. The molecule has 23 heavy (non-hydrogen) atoms. The Hall–Kier alpha value is -1.60. The largest absolute Gasteiger partial charge is 0.466 e. The van der Waals surface area contributed by atoms with Crippen LogP contribution >= 0.6 is 0 Å². The van der Waals surface area contributed by atoms with Gasteiger partial charge in [0.15, 0.2) is 0 Å². The van der Waals surface area contributed by atoms with Gasteiger partial charge in [-0.2, -0.15) is 13.2 Å². The normalized spacial score (nSPS) is 25.2. The predicted molar refractivity (Wildman–Crippen MR) is 77.5 cm³/mol. The molecule has 3 atom stereocenters. The number of nitrogens with two attached hydrogens (primary N) is 1. The Morgan fingerprint density at radius 3 is 2.52 bits per heavy atom. The summed E-state index contributed by atoms with van der Waals surface area (Å²) in [5.41, 5.74) is 5.89. The van der Waals surface area contributed by atoms with Gasteiger partial charge in [-0.1, -0.05) is 12.1 Å². The third kappa shape index (κ3) is 4.68. The minimum Gasteiger partial charge on any atom is -0.466 e. The molecular weight excluding hydrogens is 311 g/mol. The molecule has 0 unspecified atom stereocenters. The van der Waals surface area contributed by atoms with Gasteiger partial charge in [0.05, 0.1) is 30.8 Å². The molecule has 1 aromatic rings. The summed E-state index contributed by atoms with van der Waals surface area (Å²) in [5.74, 6) is -0.348. The highest BCUT2D eigenvalue weighted by atomic mass is 19.4. The van der Waals surface area contributed by atoms with E-state index in [1.165, 1.54) is 12.1 Å². The number of halogens is 3. The second-order valence-electron chi connectivity index (χ2n) is 5.55. The molecule has 0 saturated carbocycles.